The van der Waals surface area contributed by atoms with E-state index in [2.05, 4.69) is 20.3 Å². The highest BCUT2D eigenvalue weighted by Crippen LogP contribution is 2.37. The number of aromatic nitrogens is 4. The Morgan fingerprint density at radius 2 is 1.69 bits per heavy atom. The van der Waals surface area contributed by atoms with E-state index in [0.717, 1.165) is 17.5 Å². The largest absolute Gasteiger partial charge is 0.446 e. The smallest absolute Gasteiger partial charge is 0.329 e. The Morgan fingerprint density at radius 3 is 2.42 bits per heavy atom. The van der Waals surface area contributed by atoms with E-state index in [-0.39, 0.29) is 33.9 Å². The summed E-state index contributed by atoms with van der Waals surface area (Å²) in [4.78, 5) is 30.1. The number of carbonyl (C=O) groups excluding carboxylic acids is 1. The minimum Gasteiger partial charge on any atom is -0.329 e. The Hall–Kier alpha value is -4.63. The lowest BCUT2D eigenvalue weighted by atomic mass is 10.1. The van der Waals surface area contributed by atoms with Gasteiger partial charge in [0.05, 0.1) is 22.3 Å². The molecule has 0 saturated carbocycles. The fraction of sp³-hybridized carbons (Fsp3) is 0.200. The number of aryl methyl sites for hydroxylation is 1. The first-order valence-electron chi connectivity index (χ1n) is 13.4. The zero-order valence-corrected chi connectivity index (χ0v) is 26.2. The molecule has 0 spiro atoms. The summed E-state index contributed by atoms with van der Waals surface area (Å²) < 4.78 is 64.0. The highest BCUT2D eigenvalue weighted by atomic mass is 32.2. The number of benzene rings is 3. The number of nitrogens with zero attached hydrogens (tertiary/aromatic N) is 6. The maximum absolute atomic E-state index is 12.8. The molecular formula is C30H28F3N7O3S2. The van der Waals surface area contributed by atoms with Crippen molar-refractivity contribution >= 4 is 67.6 Å². The standard InChI is InChI=1S/C30H28F3N7O3S2/c1-38(26-13-14-34-28(36-26)39(2)20-8-6-10-23(17-20)45(4,42)43)21-11-12-25-24(18-21)35-29(40(25)3)37-27(41)16-19-7-5-9-22(15-19)44-30(31,32)33/h5-15,17-18H,16H2,1-4H3,(H,35,37,41). The number of hydrogen-bond donors (Lipinski definition) is 1. The van der Waals surface area contributed by atoms with E-state index in [1.165, 1.54) is 24.3 Å². The van der Waals surface area contributed by atoms with Gasteiger partial charge in [-0.25, -0.2) is 18.4 Å². The Bertz CT molecular complexity index is 2000. The van der Waals surface area contributed by atoms with E-state index >= 15 is 0 Å². The predicted molar refractivity (Wildman–Crippen MR) is 169 cm³/mol. The van der Waals surface area contributed by atoms with Crippen molar-refractivity contribution in [2.45, 2.75) is 21.7 Å². The quantitative estimate of drug-likeness (QED) is 0.188. The minimum absolute atomic E-state index is 0.00998. The number of thioether (sulfide) groups is 1. The first-order valence-corrected chi connectivity index (χ1v) is 16.1. The second-order valence-corrected chi connectivity index (χ2v) is 13.3. The van der Waals surface area contributed by atoms with Crippen LogP contribution in [0.15, 0.2) is 88.8 Å². The maximum Gasteiger partial charge on any atom is 0.446 e. The van der Waals surface area contributed by atoms with Crippen LogP contribution in [0.1, 0.15) is 5.56 Å². The summed E-state index contributed by atoms with van der Waals surface area (Å²) >= 11 is -0.227. The van der Waals surface area contributed by atoms with Gasteiger partial charge in [-0.2, -0.15) is 18.2 Å². The van der Waals surface area contributed by atoms with E-state index in [4.69, 9.17) is 0 Å². The normalized spacial score (nSPS) is 11.9. The minimum atomic E-state index is -4.42. The van der Waals surface area contributed by atoms with Crippen molar-refractivity contribution in [1.82, 2.24) is 19.5 Å². The molecule has 0 saturated heterocycles. The molecule has 0 atom stereocenters. The Balaban J connectivity index is 1.33. The molecule has 0 fully saturated rings. The number of nitrogens with one attached hydrogen (secondary N) is 1. The molecule has 15 heteroatoms. The van der Waals surface area contributed by atoms with Crippen LogP contribution in [0, 0.1) is 0 Å². The van der Waals surface area contributed by atoms with Gasteiger partial charge >= 0.3 is 5.51 Å². The SMILES string of the molecule is CN(c1ccc2c(c1)nc(NC(=O)Cc1cccc(SC(F)(F)F)c1)n2C)c1ccnc(N(C)c2cccc(S(C)(=O)=O)c2)n1. The van der Waals surface area contributed by atoms with Gasteiger partial charge in [-0.1, -0.05) is 18.2 Å². The maximum atomic E-state index is 12.8. The third-order valence-electron chi connectivity index (χ3n) is 6.90. The molecule has 10 nitrogen and oxygen atoms in total. The predicted octanol–water partition coefficient (Wildman–Crippen LogP) is 6.10. The van der Waals surface area contributed by atoms with Crippen LogP contribution in [0.5, 0.6) is 0 Å². The third kappa shape index (κ3) is 7.54. The number of imidazole rings is 1. The van der Waals surface area contributed by atoms with Crippen molar-refractivity contribution in [1.29, 1.82) is 0 Å². The van der Waals surface area contributed by atoms with Crippen LogP contribution in [0.2, 0.25) is 0 Å². The molecular weight excluding hydrogens is 628 g/mol. The summed E-state index contributed by atoms with van der Waals surface area (Å²) in [6.45, 7) is 0. The molecule has 2 aromatic heterocycles. The van der Waals surface area contributed by atoms with Crippen molar-refractivity contribution in [3.63, 3.8) is 0 Å². The van der Waals surface area contributed by atoms with Gasteiger partial charge in [-0.05, 0) is 71.9 Å². The number of anilines is 5. The highest BCUT2D eigenvalue weighted by molar-refractivity contribution is 8.00. The van der Waals surface area contributed by atoms with Crippen LogP contribution in [0.25, 0.3) is 11.0 Å². The molecule has 1 N–H and O–H groups in total. The van der Waals surface area contributed by atoms with Gasteiger partial charge in [0, 0.05) is 49.9 Å². The molecule has 1 amide bonds. The summed E-state index contributed by atoms with van der Waals surface area (Å²) in [5.74, 6) is 0.801. The molecule has 0 aliphatic rings. The number of rotatable bonds is 9. The van der Waals surface area contributed by atoms with Crippen LogP contribution >= 0.6 is 11.8 Å². The molecule has 0 radical (unpaired) electrons. The van der Waals surface area contributed by atoms with Gasteiger partial charge in [-0.3, -0.25) is 10.1 Å². The van der Waals surface area contributed by atoms with Crippen molar-refractivity contribution in [3.8, 4) is 0 Å². The number of halogens is 3. The van der Waals surface area contributed by atoms with E-state index in [9.17, 15) is 26.4 Å². The first-order chi connectivity index (χ1) is 21.2. The molecule has 5 aromatic rings. The summed E-state index contributed by atoms with van der Waals surface area (Å²) in [6.07, 6.45) is 2.64. The lowest BCUT2D eigenvalue weighted by Gasteiger charge is -2.22. The first kappa shape index (κ1) is 31.8. The molecule has 45 heavy (non-hydrogen) atoms. The van der Waals surface area contributed by atoms with E-state index in [0.29, 0.717) is 28.5 Å². The van der Waals surface area contributed by atoms with Gasteiger partial charge in [0.15, 0.2) is 9.84 Å². The van der Waals surface area contributed by atoms with Crippen LogP contribution in [0.4, 0.5) is 42.3 Å². The second-order valence-electron chi connectivity index (χ2n) is 10.2. The van der Waals surface area contributed by atoms with Crippen LogP contribution in [-0.2, 0) is 28.1 Å². The number of carbonyl (C=O) groups is 1. The van der Waals surface area contributed by atoms with Crippen molar-refractivity contribution in [3.05, 3.63) is 84.6 Å². The Kier molecular flexibility index (Phi) is 8.76. The van der Waals surface area contributed by atoms with E-state index in [1.807, 2.05) is 30.1 Å². The molecule has 234 valence electrons. The van der Waals surface area contributed by atoms with E-state index < -0.39 is 21.3 Å². The summed E-state index contributed by atoms with van der Waals surface area (Å²) in [7, 11) is 1.93. The zero-order chi connectivity index (χ0) is 32.5. The Labute approximate surface area is 261 Å². The van der Waals surface area contributed by atoms with Gasteiger partial charge in [0.1, 0.15) is 5.82 Å². The number of alkyl halides is 3. The summed E-state index contributed by atoms with van der Waals surface area (Å²) in [5.41, 5.74) is -1.26. The molecule has 5 rings (SSSR count). The number of hydrogen-bond acceptors (Lipinski definition) is 9. The molecule has 0 bridgehead atoms. The number of fused-ring (bicyclic) bond motifs is 1. The van der Waals surface area contributed by atoms with Gasteiger partial charge < -0.3 is 14.4 Å². The van der Waals surface area contributed by atoms with Crippen LogP contribution in [0.3, 0.4) is 0 Å². The molecule has 2 heterocycles. The van der Waals surface area contributed by atoms with Crippen molar-refractivity contribution < 1.29 is 26.4 Å². The highest BCUT2D eigenvalue weighted by Gasteiger charge is 2.29. The number of amides is 1. The zero-order valence-electron chi connectivity index (χ0n) is 24.6. The van der Waals surface area contributed by atoms with Crippen LogP contribution in [-0.4, -0.2) is 59.7 Å². The topological polar surface area (TPSA) is 113 Å². The van der Waals surface area contributed by atoms with Gasteiger partial charge in [0.25, 0.3) is 0 Å². The van der Waals surface area contributed by atoms with Crippen molar-refractivity contribution in [2.75, 3.05) is 35.5 Å². The average Bonchev–Trinajstić information content (AvgIpc) is 3.29. The second kappa shape index (κ2) is 12.4. The molecule has 0 unspecified atom stereocenters. The van der Waals surface area contributed by atoms with Crippen LogP contribution < -0.4 is 15.1 Å². The van der Waals surface area contributed by atoms with Crippen molar-refractivity contribution in [2.24, 2.45) is 7.05 Å². The molecule has 3 aromatic carbocycles. The van der Waals surface area contributed by atoms with Gasteiger partial charge in [0.2, 0.25) is 17.8 Å². The van der Waals surface area contributed by atoms with Gasteiger partial charge in [-0.15, -0.1) is 0 Å². The number of sulfone groups is 1. The molecule has 0 aliphatic heterocycles. The monoisotopic (exact) mass is 655 g/mol. The molecule has 0 aliphatic carbocycles. The lowest BCUT2D eigenvalue weighted by molar-refractivity contribution is -0.115. The summed E-state index contributed by atoms with van der Waals surface area (Å²) in [6, 6.07) is 19.6. The fourth-order valence-corrected chi connectivity index (χ4v) is 5.86. The van der Waals surface area contributed by atoms with E-state index in [1.54, 1.807) is 60.1 Å². The lowest BCUT2D eigenvalue weighted by Crippen LogP contribution is -2.17. The average molecular weight is 656 g/mol. The fourth-order valence-electron chi connectivity index (χ4n) is 4.57. The summed E-state index contributed by atoms with van der Waals surface area (Å²) in [5, 5.41) is 2.75. The Morgan fingerprint density at radius 1 is 0.956 bits per heavy atom. The third-order valence-corrected chi connectivity index (χ3v) is 8.74.